The molecule has 0 saturated heterocycles. The van der Waals surface area contributed by atoms with Gasteiger partial charge < -0.3 is 10.2 Å². The molecule has 0 atom stereocenters. The molecule has 0 spiro atoms. The van der Waals surface area contributed by atoms with Gasteiger partial charge in [-0.2, -0.15) is 5.10 Å². The first kappa shape index (κ1) is 7.24. The van der Waals surface area contributed by atoms with Crippen LogP contribution in [-0.4, -0.2) is 20.4 Å². The summed E-state index contributed by atoms with van der Waals surface area (Å²) < 4.78 is 0. The molecule has 1 aromatic rings. The summed E-state index contributed by atoms with van der Waals surface area (Å²) >= 11 is 0. The molecule has 0 bridgehead atoms. The van der Waals surface area contributed by atoms with Crippen molar-refractivity contribution in [2.75, 3.05) is 0 Å². The lowest BCUT2D eigenvalue weighted by Crippen LogP contribution is -2.22. The lowest BCUT2D eigenvalue weighted by atomic mass is 10.1. The first-order valence-corrected chi connectivity index (χ1v) is 3.03. The Morgan fingerprint density at radius 3 is 2.90 bits per heavy atom. The maximum atomic E-state index is 9.15. The number of nitrogens with one attached hydrogen (secondary N) is 1. The number of H-pyrrole nitrogens is 1. The van der Waals surface area contributed by atoms with E-state index < -0.39 is 5.79 Å². The van der Waals surface area contributed by atoms with Crippen LogP contribution in [0.1, 0.15) is 18.9 Å². The Hall–Kier alpha value is -0.870. The summed E-state index contributed by atoms with van der Waals surface area (Å²) in [7, 11) is 0. The first-order chi connectivity index (χ1) is 4.67. The molecule has 55 valence electrons. The Morgan fingerprint density at radius 2 is 2.50 bits per heavy atom. The van der Waals surface area contributed by atoms with E-state index in [1.165, 1.54) is 6.20 Å². The maximum Gasteiger partial charge on any atom is 0.193 e. The van der Waals surface area contributed by atoms with Crippen molar-refractivity contribution in [2.24, 2.45) is 0 Å². The van der Waals surface area contributed by atoms with Gasteiger partial charge in [0.1, 0.15) is 6.20 Å². The fourth-order valence-corrected chi connectivity index (χ4v) is 0.617. The zero-order chi connectivity index (χ0) is 7.61. The number of aromatic nitrogens is 2. The van der Waals surface area contributed by atoms with Crippen LogP contribution in [0, 0.1) is 6.20 Å². The van der Waals surface area contributed by atoms with Crippen molar-refractivity contribution in [3.8, 4) is 0 Å². The monoisotopic (exact) mass is 141 g/mol. The van der Waals surface area contributed by atoms with Gasteiger partial charge in [-0.3, -0.25) is 5.10 Å². The Bertz CT molecular complexity index is 194. The molecule has 4 heteroatoms. The summed E-state index contributed by atoms with van der Waals surface area (Å²) in [5.41, 5.74) is 0.273. The van der Waals surface area contributed by atoms with Crippen molar-refractivity contribution in [2.45, 2.75) is 19.1 Å². The lowest BCUT2D eigenvalue weighted by Gasteiger charge is -2.16. The topological polar surface area (TPSA) is 69.1 Å². The molecule has 0 aliphatic heterocycles. The van der Waals surface area contributed by atoms with Crippen LogP contribution >= 0.6 is 0 Å². The summed E-state index contributed by atoms with van der Waals surface area (Å²) in [5.74, 6) is -1.78. The van der Waals surface area contributed by atoms with Crippen LogP contribution in [0.5, 0.6) is 0 Å². The Kier molecular flexibility index (Phi) is 1.74. The van der Waals surface area contributed by atoms with E-state index in [4.69, 9.17) is 10.2 Å². The van der Waals surface area contributed by atoms with Crippen LogP contribution < -0.4 is 0 Å². The van der Waals surface area contributed by atoms with Gasteiger partial charge in [0.2, 0.25) is 0 Å². The number of aliphatic hydroxyl groups is 2. The molecule has 1 radical (unpaired) electrons. The van der Waals surface area contributed by atoms with Gasteiger partial charge in [0, 0.05) is 12.6 Å². The molecule has 3 N–H and O–H groups in total. The third-order valence-electron chi connectivity index (χ3n) is 1.37. The van der Waals surface area contributed by atoms with Crippen molar-refractivity contribution in [1.82, 2.24) is 10.2 Å². The van der Waals surface area contributed by atoms with E-state index in [0.29, 0.717) is 0 Å². The summed E-state index contributed by atoms with van der Waals surface area (Å²) in [5, 5.41) is 24.2. The van der Waals surface area contributed by atoms with Crippen LogP contribution in [0.2, 0.25) is 0 Å². The van der Waals surface area contributed by atoms with E-state index in [2.05, 4.69) is 16.4 Å². The highest BCUT2D eigenvalue weighted by molar-refractivity contribution is 5.07. The Labute approximate surface area is 58.5 Å². The smallest absolute Gasteiger partial charge is 0.193 e. The van der Waals surface area contributed by atoms with Crippen LogP contribution in [0.4, 0.5) is 0 Å². The molecule has 10 heavy (non-hydrogen) atoms. The number of rotatable bonds is 2. The van der Waals surface area contributed by atoms with Crippen LogP contribution in [0.15, 0.2) is 6.20 Å². The van der Waals surface area contributed by atoms with Gasteiger partial charge in [0.15, 0.2) is 5.79 Å². The number of aromatic amines is 1. The third kappa shape index (κ3) is 1.17. The van der Waals surface area contributed by atoms with Gasteiger partial charge in [0.25, 0.3) is 0 Å². The van der Waals surface area contributed by atoms with Crippen molar-refractivity contribution < 1.29 is 10.2 Å². The van der Waals surface area contributed by atoms with Crippen molar-refractivity contribution in [1.29, 1.82) is 0 Å². The molecule has 0 aliphatic rings. The first-order valence-electron chi connectivity index (χ1n) is 3.03. The van der Waals surface area contributed by atoms with E-state index in [1.807, 2.05) is 0 Å². The van der Waals surface area contributed by atoms with Crippen LogP contribution in [0.3, 0.4) is 0 Å². The fraction of sp³-hybridized carbons (Fsp3) is 0.500. The van der Waals surface area contributed by atoms with E-state index in [1.54, 1.807) is 6.92 Å². The van der Waals surface area contributed by atoms with Gasteiger partial charge in [-0.25, -0.2) is 0 Å². The van der Waals surface area contributed by atoms with Gasteiger partial charge in [-0.1, -0.05) is 6.92 Å². The predicted octanol–water partition coefficient (Wildman–Crippen LogP) is -0.243. The molecule has 0 unspecified atom stereocenters. The largest absolute Gasteiger partial charge is 0.362 e. The predicted molar refractivity (Wildman–Crippen MR) is 33.8 cm³/mol. The zero-order valence-corrected chi connectivity index (χ0v) is 5.63. The van der Waals surface area contributed by atoms with E-state index in [9.17, 15) is 0 Å². The molecule has 0 fully saturated rings. The molecule has 1 aromatic heterocycles. The second-order valence-electron chi connectivity index (χ2n) is 2.08. The molecule has 0 aliphatic carbocycles. The molecule has 4 nitrogen and oxygen atoms in total. The Balaban J connectivity index is 2.85. The third-order valence-corrected chi connectivity index (χ3v) is 1.37. The molecule has 1 rings (SSSR count). The highest BCUT2D eigenvalue weighted by Gasteiger charge is 2.24. The van der Waals surface area contributed by atoms with E-state index in [-0.39, 0.29) is 12.0 Å². The van der Waals surface area contributed by atoms with Crippen molar-refractivity contribution in [3.05, 3.63) is 18.0 Å². The maximum absolute atomic E-state index is 9.15. The Morgan fingerprint density at radius 1 is 1.80 bits per heavy atom. The SMILES string of the molecule is CCC(O)(O)c1[c]n[nH]c1. The molecular weight excluding hydrogens is 132 g/mol. The van der Waals surface area contributed by atoms with Gasteiger partial charge in [-0.05, 0) is 0 Å². The zero-order valence-electron chi connectivity index (χ0n) is 5.63. The normalized spacial score (nSPS) is 11.9. The molecule has 0 amide bonds. The van der Waals surface area contributed by atoms with Gasteiger partial charge in [0.05, 0.1) is 5.56 Å². The summed E-state index contributed by atoms with van der Waals surface area (Å²) in [4.78, 5) is 0. The second-order valence-corrected chi connectivity index (χ2v) is 2.08. The average molecular weight is 141 g/mol. The molecule has 0 aromatic carbocycles. The van der Waals surface area contributed by atoms with E-state index in [0.717, 1.165) is 0 Å². The van der Waals surface area contributed by atoms with Crippen LogP contribution in [-0.2, 0) is 5.79 Å². The fourth-order valence-electron chi connectivity index (χ4n) is 0.617. The minimum absolute atomic E-state index is 0.225. The molecule has 1 heterocycles. The second kappa shape index (κ2) is 2.40. The quantitative estimate of drug-likeness (QED) is 0.498. The minimum atomic E-state index is -1.78. The van der Waals surface area contributed by atoms with Crippen molar-refractivity contribution in [3.63, 3.8) is 0 Å². The highest BCUT2D eigenvalue weighted by Crippen LogP contribution is 2.18. The average Bonchev–Trinajstić information content (AvgIpc) is 2.38. The van der Waals surface area contributed by atoms with Gasteiger partial charge in [-0.15, -0.1) is 0 Å². The van der Waals surface area contributed by atoms with Gasteiger partial charge >= 0.3 is 0 Å². The summed E-state index contributed by atoms with van der Waals surface area (Å²) in [6, 6.07) is 0. The highest BCUT2D eigenvalue weighted by atomic mass is 16.5. The number of hydrogen-bond acceptors (Lipinski definition) is 3. The molecular formula is C6H9N2O2. The standard InChI is InChI=1S/C6H9N2O2/c1-2-6(9,10)5-3-7-8-4-5/h3,9-10H,2H2,1H3,(H,7,8). The number of hydrogen-bond donors (Lipinski definition) is 3. The van der Waals surface area contributed by atoms with Crippen molar-refractivity contribution >= 4 is 0 Å². The lowest BCUT2D eigenvalue weighted by molar-refractivity contribution is -0.171. The summed E-state index contributed by atoms with van der Waals surface area (Å²) in [6.45, 7) is 1.67. The molecule has 0 saturated carbocycles. The summed E-state index contributed by atoms with van der Waals surface area (Å²) in [6.07, 6.45) is 4.05. The number of nitrogens with zero attached hydrogens (tertiary/aromatic N) is 1. The van der Waals surface area contributed by atoms with Crippen LogP contribution in [0.25, 0.3) is 0 Å². The van der Waals surface area contributed by atoms with E-state index >= 15 is 0 Å². The minimum Gasteiger partial charge on any atom is -0.362 e.